The van der Waals surface area contributed by atoms with Crippen molar-refractivity contribution in [3.8, 4) is 0 Å². The highest BCUT2D eigenvalue weighted by atomic mass is 19.1. The molecule has 0 aliphatic carbocycles. The first-order chi connectivity index (χ1) is 11.7. The quantitative estimate of drug-likeness (QED) is 0.727. The molecule has 120 valence electrons. The predicted octanol–water partition coefficient (Wildman–Crippen LogP) is 3.40. The van der Waals surface area contributed by atoms with Gasteiger partial charge >= 0.3 is 0 Å². The molecule has 24 heavy (non-hydrogen) atoms. The van der Waals surface area contributed by atoms with E-state index in [0.717, 1.165) is 23.0 Å². The predicted molar refractivity (Wildman–Crippen MR) is 89.2 cm³/mol. The fourth-order valence-corrected chi connectivity index (χ4v) is 3.23. The van der Waals surface area contributed by atoms with Crippen LogP contribution >= 0.6 is 0 Å². The van der Waals surface area contributed by atoms with Crippen LogP contribution in [-0.4, -0.2) is 33.9 Å². The molecule has 1 aromatic heterocycles. The van der Waals surface area contributed by atoms with Crippen LogP contribution in [0.1, 0.15) is 28.3 Å². The number of nitrogens with zero attached hydrogens (tertiary/aromatic N) is 3. The molecule has 5 heteroatoms. The number of amides is 1. The number of hydrogen-bond donors (Lipinski definition) is 0. The van der Waals surface area contributed by atoms with Gasteiger partial charge in [-0.15, -0.1) is 0 Å². The summed E-state index contributed by atoms with van der Waals surface area (Å²) in [6, 6.07) is 12.0. The van der Waals surface area contributed by atoms with Gasteiger partial charge in [-0.3, -0.25) is 14.8 Å². The van der Waals surface area contributed by atoms with E-state index in [2.05, 4.69) is 9.97 Å². The normalized spacial score (nSPS) is 17.4. The van der Waals surface area contributed by atoms with Crippen LogP contribution in [0.25, 0.3) is 11.0 Å². The summed E-state index contributed by atoms with van der Waals surface area (Å²) in [6.45, 7) is 1.36. The lowest BCUT2D eigenvalue weighted by molar-refractivity contribution is 0.0791. The zero-order valence-corrected chi connectivity index (χ0v) is 13.0. The molecule has 0 radical (unpaired) electrons. The van der Waals surface area contributed by atoms with Gasteiger partial charge in [0.15, 0.2) is 0 Å². The molecule has 1 amide bonds. The third-order valence-corrected chi connectivity index (χ3v) is 4.53. The number of hydrogen-bond acceptors (Lipinski definition) is 3. The molecule has 2 aromatic carbocycles. The van der Waals surface area contributed by atoms with Gasteiger partial charge in [-0.05, 0) is 42.3 Å². The molecule has 1 aliphatic heterocycles. The Labute approximate surface area is 139 Å². The van der Waals surface area contributed by atoms with Crippen LogP contribution in [0.2, 0.25) is 0 Å². The first-order valence-electron chi connectivity index (χ1n) is 7.96. The van der Waals surface area contributed by atoms with Gasteiger partial charge in [-0.1, -0.05) is 12.1 Å². The minimum Gasteiger partial charge on any atom is -0.338 e. The van der Waals surface area contributed by atoms with Crippen LogP contribution < -0.4 is 0 Å². The second-order valence-electron chi connectivity index (χ2n) is 6.05. The van der Waals surface area contributed by atoms with E-state index in [1.165, 1.54) is 12.1 Å². The molecular formula is C19H16FN3O. The van der Waals surface area contributed by atoms with E-state index >= 15 is 0 Å². The number of likely N-dealkylation sites (tertiary alicyclic amines) is 1. The zero-order valence-electron chi connectivity index (χ0n) is 13.0. The third-order valence-electron chi connectivity index (χ3n) is 4.53. The molecule has 3 aromatic rings. The van der Waals surface area contributed by atoms with Gasteiger partial charge in [0.1, 0.15) is 5.82 Å². The van der Waals surface area contributed by atoms with Crippen LogP contribution in [0.3, 0.4) is 0 Å². The smallest absolute Gasteiger partial charge is 0.253 e. The summed E-state index contributed by atoms with van der Waals surface area (Å²) in [6.07, 6.45) is 4.15. The lowest BCUT2D eigenvalue weighted by Crippen LogP contribution is -2.28. The van der Waals surface area contributed by atoms with Crippen molar-refractivity contribution >= 4 is 16.9 Å². The highest BCUT2D eigenvalue weighted by Crippen LogP contribution is 2.28. The van der Waals surface area contributed by atoms with E-state index in [1.54, 1.807) is 36.7 Å². The van der Waals surface area contributed by atoms with Gasteiger partial charge in [0.05, 0.1) is 11.0 Å². The van der Waals surface area contributed by atoms with Crippen molar-refractivity contribution in [2.45, 2.75) is 12.3 Å². The van der Waals surface area contributed by atoms with E-state index in [9.17, 15) is 9.18 Å². The third kappa shape index (κ3) is 2.73. The topological polar surface area (TPSA) is 46.1 Å². The van der Waals surface area contributed by atoms with E-state index in [4.69, 9.17) is 0 Å². The second-order valence-corrected chi connectivity index (χ2v) is 6.05. The first-order valence-corrected chi connectivity index (χ1v) is 7.96. The number of benzene rings is 2. The fourth-order valence-electron chi connectivity index (χ4n) is 3.23. The van der Waals surface area contributed by atoms with Gasteiger partial charge < -0.3 is 4.90 Å². The Kier molecular flexibility index (Phi) is 3.69. The SMILES string of the molecule is O=C(c1ccc2nccnc2c1)N1CC[C@H](c2ccc(F)cc2)C1. The Balaban J connectivity index is 1.53. The molecule has 1 atom stereocenters. The number of fused-ring (bicyclic) bond motifs is 1. The molecule has 4 rings (SSSR count). The lowest BCUT2D eigenvalue weighted by atomic mass is 9.98. The Hall–Kier alpha value is -2.82. The maximum absolute atomic E-state index is 13.1. The minimum absolute atomic E-state index is 0.00663. The monoisotopic (exact) mass is 321 g/mol. The summed E-state index contributed by atoms with van der Waals surface area (Å²) >= 11 is 0. The summed E-state index contributed by atoms with van der Waals surface area (Å²) in [5.74, 6) is 0.0314. The number of carbonyl (C=O) groups is 1. The van der Waals surface area contributed by atoms with Crippen molar-refractivity contribution in [2.24, 2.45) is 0 Å². The molecule has 1 aliphatic rings. The summed E-state index contributed by atoms with van der Waals surface area (Å²) in [4.78, 5) is 23.1. The minimum atomic E-state index is -0.234. The summed E-state index contributed by atoms with van der Waals surface area (Å²) in [5, 5.41) is 0. The Morgan fingerprint density at radius 2 is 1.79 bits per heavy atom. The molecule has 0 saturated carbocycles. The van der Waals surface area contributed by atoms with Gasteiger partial charge in [-0.25, -0.2) is 4.39 Å². The second kappa shape index (κ2) is 6.00. The molecule has 4 nitrogen and oxygen atoms in total. The first kappa shape index (κ1) is 14.8. The zero-order chi connectivity index (χ0) is 16.5. The highest BCUT2D eigenvalue weighted by Gasteiger charge is 2.28. The molecule has 1 saturated heterocycles. The Morgan fingerprint density at radius 3 is 2.58 bits per heavy atom. The van der Waals surface area contributed by atoms with Crippen LogP contribution in [-0.2, 0) is 0 Å². The summed E-state index contributed by atoms with van der Waals surface area (Å²) in [5.41, 5.74) is 3.20. The Morgan fingerprint density at radius 1 is 1.04 bits per heavy atom. The maximum atomic E-state index is 13.1. The molecule has 0 N–H and O–H groups in total. The Bertz CT molecular complexity index is 895. The molecular weight excluding hydrogens is 305 g/mol. The van der Waals surface area contributed by atoms with E-state index in [1.807, 2.05) is 11.0 Å². The molecule has 0 spiro atoms. The van der Waals surface area contributed by atoms with Crippen molar-refractivity contribution in [3.05, 3.63) is 71.8 Å². The summed E-state index contributed by atoms with van der Waals surface area (Å²) < 4.78 is 13.1. The molecule has 2 heterocycles. The van der Waals surface area contributed by atoms with Gasteiger partial charge in [0.25, 0.3) is 5.91 Å². The van der Waals surface area contributed by atoms with Gasteiger partial charge in [0, 0.05) is 37.0 Å². The van der Waals surface area contributed by atoms with Crippen molar-refractivity contribution in [1.82, 2.24) is 14.9 Å². The van der Waals surface area contributed by atoms with Crippen LogP contribution in [0, 0.1) is 5.82 Å². The largest absolute Gasteiger partial charge is 0.338 e. The van der Waals surface area contributed by atoms with Gasteiger partial charge in [0.2, 0.25) is 0 Å². The molecule has 0 bridgehead atoms. The lowest BCUT2D eigenvalue weighted by Gasteiger charge is -2.17. The molecule has 0 unspecified atom stereocenters. The van der Waals surface area contributed by atoms with Crippen LogP contribution in [0.4, 0.5) is 4.39 Å². The van der Waals surface area contributed by atoms with Crippen molar-refractivity contribution in [2.75, 3.05) is 13.1 Å². The number of rotatable bonds is 2. The van der Waals surface area contributed by atoms with E-state index in [0.29, 0.717) is 18.7 Å². The standard InChI is InChI=1S/C19H16FN3O/c20-16-4-1-13(2-5-16)15-7-10-23(12-15)19(24)14-3-6-17-18(11-14)22-9-8-21-17/h1-6,8-9,11,15H,7,10,12H2/t15-/m0/s1. The number of carbonyl (C=O) groups excluding carboxylic acids is 1. The van der Waals surface area contributed by atoms with E-state index in [-0.39, 0.29) is 17.6 Å². The van der Waals surface area contributed by atoms with Crippen LogP contribution in [0.5, 0.6) is 0 Å². The highest BCUT2D eigenvalue weighted by molar-refractivity contribution is 5.97. The molecule has 1 fully saturated rings. The van der Waals surface area contributed by atoms with Crippen molar-refractivity contribution < 1.29 is 9.18 Å². The number of aromatic nitrogens is 2. The van der Waals surface area contributed by atoms with Crippen LogP contribution in [0.15, 0.2) is 54.9 Å². The summed E-state index contributed by atoms with van der Waals surface area (Å²) in [7, 11) is 0. The fraction of sp³-hybridized carbons (Fsp3) is 0.211. The number of halogens is 1. The van der Waals surface area contributed by atoms with Crippen molar-refractivity contribution in [3.63, 3.8) is 0 Å². The average Bonchev–Trinajstić information content (AvgIpc) is 3.11. The average molecular weight is 321 g/mol. The van der Waals surface area contributed by atoms with E-state index < -0.39 is 0 Å². The van der Waals surface area contributed by atoms with Crippen molar-refractivity contribution in [1.29, 1.82) is 0 Å². The van der Waals surface area contributed by atoms with Gasteiger partial charge in [-0.2, -0.15) is 0 Å². The maximum Gasteiger partial charge on any atom is 0.253 e.